The van der Waals surface area contributed by atoms with E-state index in [0.717, 1.165) is 11.6 Å². The number of nitrogens with two attached hydrogens (primary N) is 1. The second-order valence-electron chi connectivity index (χ2n) is 5.43. The summed E-state index contributed by atoms with van der Waals surface area (Å²) < 4.78 is 41.8. The lowest BCUT2D eigenvalue weighted by atomic mass is 9.91. The summed E-state index contributed by atoms with van der Waals surface area (Å²) in [4.78, 5) is 21.6. The van der Waals surface area contributed by atoms with E-state index >= 15 is 0 Å². The fourth-order valence-electron chi connectivity index (χ4n) is 2.60. The molecular weight excluding hydrogens is 393 g/mol. The van der Waals surface area contributed by atoms with Crippen molar-refractivity contribution in [3.8, 4) is 0 Å². The molecule has 2 unspecified atom stereocenters. The standard InChI is InChI=1S/C15H13ClF2N2O.H3O4P/c16-12-4-2-1-3-10(12)14-15(21-14,8-20-19)11-6-5-9(17)7-13(11)18;1-5(2,3)4/h1-7,14,20H,8,19H2;(H3,1,2,3,4). The summed E-state index contributed by atoms with van der Waals surface area (Å²) in [5.41, 5.74) is 2.53. The summed E-state index contributed by atoms with van der Waals surface area (Å²) >= 11 is 6.15. The molecule has 142 valence electrons. The quantitative estimate of drug-likeness (QED) is 0.227. The number of nitrogens with one attached hydrogen (secondary N) is 1. The lowest BCUT2D eigenvalue weighted by molar-refractivity contribution is 0.275. The van der Waals surface area contributed by atoms with Gasteiger partial charge in [0, 0.05) is 28.8 Å². The van der Waals surface area contributed by atoms with Crippen LogP contribution in [-0.4, -0.2) is 21.2 Å². The van der Waals surface area contributed by atoms with E-state index in [9.17, 15) is 8.78 Å². The van der Waals surface area contributed by atoms with Crippen LogP contribution >= 0.6 is 19.4 Å². The predicted molar refractivity (Wildman–Crippen MR) is 89.8 cm³/mol. The molecule has 0 saturated carbocycles. The van der Waals surface area contributed by atoms with Crippen molar-refractivity contribution in [1.29, 1.82) is 0 Å². The van der Waals surface area contributed by atoms with Gasteiger partial charge in [-0.25, -0.2) is 13.3 Å². The molecule has 2 aromatic carbocycles. The van der Waals surface area contributed by atoms with Crippen LogP contribution in [0.25, 0.3) is 0 Å². The fraction of sp³-hybridized carbons (Fsp3) is 0.200. The third-order valence-corrected chi connectivity index (χ3v) is 3.98. The maximum absolute atomic E-state index is 14.1. The third kappa shape index (κ3) is 5.06. The molecule has 0 radical (unpaired) electrons. The molecule has 1 aliphatic rings. The normalized spacial score (nSPS) is 21.7. The molecule has 26 heavy (non-hydrogen) atoms. The van der Waals surface area contributed by atoms with Gasteiger partial charge in [-0.2, -0.15) is 0 Å². The van der Waals surface area contributed by atoms with Gasteiger partial charge in [-0.15, -0.1) is 0 Å². The van der Waals surface area contributed by atoms with E-state index in [0.29, 0.717) is 5.02 Å². The molecule has 2 aromatic rings. The number of epoxide rings is 1. The monoisotopic (exact) mass is 408 g/mol. The number of hydrogen-bond acceptors (Lipinski definition) is 4. The maximum Gasteiger partial charge on any atom is 0.466 e. The van der Waals surface area contributed by atoms with Gasteiger partial charge in [0.2, 0.25) is 0 Å². The summed E-state index contributed by atoms with van der Waals surface area (Å²) in [5, 5.41) is 0.531. The highest BCUT2D eigenvalue weighted by molar-refractivity contribution is 7.45. The lowest BCUT2D eigenvalue weighted by Gasteiger charge is -2.14. The van der Waals surface area contributed by atoms with Crippen molar-refractivity contribution >= 4 is 19.4 Å². The van der Waals surface area contributed by atoms with Crippen molar-refractivity contribution in [3.05, 3.63) is 70.2 Å². The first-order chi connectivity index (χ1) is 12.1. The van der Waals surface area contributed by atoms with Gasteiger partial charge in [-0.3, -0.25) is 11.3 Å². The molecule has 3 rings (SSSR count). The maximum atomic E-state index is 14.1. The molecule has 0 spiro atoms. The summed E-state index contributed by atoms with van der Waals surface area (Å²) in [6, 6.07) is 10.6. The van der Waals surface area contributed by atoms with Gasteiger partial charge in [0.15, 0.2) is 0 Å². The molecule has 1 aliphatic heterocycles. The Labute approximate surface area is 152 Å². The van der Waals surface area contributed by atoms with Crippen LogP contribution in [0.3, 0.4) is 0 Å². The topological polar surface area (TPSA) is 128 Å². The highest BCUT2D eigenvalue weighted by atomic mass is 35.5. The van der Waals surface area contributed by atoms with E-state index in [1.807, 2.05) is 12.1 Å². The number of halogens is 3. The molecule has 1 saturated heterocycles. The van der Waals surface area contributed by atoms with Crippen LogP contribution in [0.4, 0.5) is 8.78 Å². The number of ether oxygens (including phenoxy) is 1. The summed E-state index contributed by atoms with van der Waals surface area (Å²) in [5.74, 6) is 4.09. The first kappa shape index (κ1) is 20.9. The van der Waals surface area contributed by atoms with E-state index in [-0.39, 0.29) is 12.1 Å². The molecule has 6 N–H and O–H groups in total. The lowest BCUT2D eigenvalue weighted by Crippen LogP contribution is -2.34. The number of hydrazine groups is 1. The summed E-state index contributed by atoms with van der Waals surface area (Å²) in [6.07, 6.45) is -0.429. The van der Waals surface area contributed by atoms with E-state index in [1.165, 1.54) is 12.1 Å². The second-order valence-corrected chi connectivity index (χ2v) is 6.86. The zero-order valence-electron chi connectivity index (χ0n) is 13.1. The largest absolute Gasteiger partial charge is 0.466 e. The Bertz CT molecular complexity index is 829. The first-order valence-electron chi connectivity index (χ1n) is 7.18. The highest BCUT2D eigenvalue weighted by Crippen LogP contribution is 2.58. The van der Waals surface area contributed by atoms with Crippen molar-refractivity contribution in [2.75, 3.05) is 6.54 Å². The second kappa shape index (κ2) is 8.08. The highest BCUT2D eigenvalue weighted by Gasteiger charge is 2.59. The van der Waals surface area contributed by atoms with E-state index in [1.54, 1.807) is 12.1 Å². The van der Waals surface area contributed by atoms with E-state index in [2.05, 4.69) is 5.43 Å². The molecule has 2 atom stereocenters. The van der Waals surface area contributed by atoms with Crippen LogP contribution in [0.2, 0.25) is 5.02 Å². The van der Waals surface area contributed by atoms with E-state index in [4.69, 9.17) is 41.4 Å². The average molecular weight is 409 g/mol. The first-order valence-corrected chi connectivity index (χ1v) is 9.12. The van der Waals surface area contributed by atoms with Gasteiger partial charge in [-0.05, 0) is 12.1 Å². The molecule has 0 amide bonds. The minimum absolute atomic E-state index is 0.186. The number of rotatable bonds is 4. The van der Waals surface area contributed by atoms with Crippen molar-refractivity contribution in [3.63, 3.8) is 0 Å². The average Bonchev–Trinajstić information content (AvgIpc) is 3.21. The number of phosphoric acid groups is 1. The zero-order chi connectivity index (χ0) is 19.5. The van der Waals surface area contributed by atoms with Crippen LogP contribution in [0.1, 0.15) is 17.2 Å². The van der Waals surface area contributed by atoms with Crippen LogP contribution in [0.5, 0.6) is 0 Å². The van der Waals surface area contributed by atoms with Gasteiger partial charge in [0.1, 0.15) is 23.3 Å². The number of hydrogen-bond donors (Lipinski definition) is 5. The van der Waals surface area contributed by atoms with Crippen molar-refractivity contribution < 1.29 is 32.8 Å². The van der Waals surface area contributed by atoms with Crippen LogP contribution < -0.4 is 11.3 Å². The Hall–Kier alpha value is -1.42. The molecule has 1 fully saturated rings. The summed E-state index contributed by atoms with van der Waals surface area (Å²) in [6.45, 7) is 0.186. The van der Waals surface area contributed by atoms with E-state index < -0.39 is 31.2 Å². The molecule has 0 bridgehead atoms. The SMILES string of the molecule is NNCC1(c2ccc(F)cc2F)OC1c1ccccc1Cl.O=P(O)(O)O. The Morgan fingerprint density at radius 2 is 1.85 bits per heavy atom. The van der Waals surface area contributed by atoms with Gasteiger partial charge in [-0.1, -0.05) is 35.9 Å². The predicted octanol–water partition coefficient (Wildman–Crippen LogP) is 2.12. The van der Waals surface area contributed by atoms with Crippen LogP contribution in [-0.2, 0) is 14.9 Å². The molecule has 11 heteroatoms. The van der Waals surface area contributed by atoms with Gasteiger partial charge in [0.05, 0.1) is 0 Å². The van der Waals surface area contributed by atoms with Crippen LogP contribution in [0.15, 0.2) is 42.5 Å². The minimum Gasteiger partial charge on any atom is -0.354 e. The molecule has 0 aliphatic carbocycles. The van der Waals surface area contributed by atoms with Crippen molar-refractivity contribution in [1.82, 2.24) is 5.43 Å². The molecule has 0 aromatic heterocycles. The van der Waals surface area contributed by atoms with Crippen LogP contribution in [0, 0.1) is 11.6 Å². The van der Waals surface area contributed by atoms with Gasteiger partial charge >= 0.3 is 7.82 Å². The van der Waals surface area contributed by atoms with Crippen molar-refractivity contribution in [2.24, 2.45) is 5.84 Å². The zero-order valence-corrected chi connectivity index (χ0v) is 14.8. The molecule has 7 nitrogen and oxygen atoms in total. The molecular formula is C15H16ClF2N2O5P. The van der Waals surface area contributed by atoms with Gasteiger partial charge in [0.25, 0.3) is 0 Å². The smallest absolute Gasteiger partial charge is 0.354 e. The fourth-order valence-corrected chi connectivity index (χ4v) is 2.83. The number of benzene rings is 2. The third-order valence-electron chi connectivity index (χ3n) is 3.63. The Balaban J connectivity index is 0.000000431. The van der Waals surface area contributed by atoms with Crippen molar-refractivity contribution in [2.45, 2.75) is 11.7 Å². The Morgan fingerprint density at radius 1 is 1.23 bits per heavy atom. The Kier molecular flexibility index (Phi) is 6.49. The minimum atomic E-state index is -4.64. The van der Waals surface area contributed by atoms with Gasteiger partial charge < -0.3 is 19.4 Å². The Morgan fingerprint density at radius 3 is 2.38 bits per heavy atom. The summed E-state index contributed by atoms with van der Waals surface area (Å²) in [7, 11) is -4.64. The molecule has 1 heterocycles.